The molecule has 0 saturated carbocycles. The van der Waals surface area contributed by atoms with E-state index in [-0.39, 0.29) is 5.41 Å². The summed E-state index contributed by atoms with van der Waals surface area (Å²) < 4.78 is 5.06. The highest BCUT2D eigenvalue weighted by atomic mass is 16.5. The second-order valence-electron chi connectivity index (χ2n) is 5.39. The molecular formula is C14H24N2O. The minimum atomic E-state index is 0.246. The fourth-order valence-corrected chi connectivity index (χ4v) is 1.82. The van der Waals surface area contributed by atoms with E-state index in [1.54, 1.807) is 7.11 Å². The molecule has 0 amide bonds. The molecule has 17 heavy (non-hydrogen) atoms. The number of hydrogen-bond donors (Lipinski definition) is 1. The maximum absolute atomic E-state index is 5.06. The topological polar surface area (TPSA) is 34.1 Å². The molecule has 3 heteroatoms. The lowest BCUT2D eigenvalue weighted by atomic mass is 9.83. The van der Waals surface area contributed by atoms with Gasteiger partial charge in [0.1, 0.15) is 0 Å². The highest BCUT2D eigenvalue weighted by Gasteiger charge is 2.23. The van der Waals surface area contributed by atoms with E-state index in [4.69, 9.17) is 4.74 Å². The van der Waals surface area contributed by atoms with E-state index >= 15 is 0 Å². The first-order valence-corrected chi connectivity index (χ1v) is 6.19. The second kappa shape index (κ2) is 6.01. The molecule has 1 aromatic rings. The van der Waals surface area contributed by atoms with E-state index in [1.165, 1.54) is 5.56 Å². The lowest BCUT2D eigenvalue weighted by molar-refractivity contribution is 0.270. The summed E-state index contributed by atoms with van der Waals surface area (Å²) in [5.74, 6) is 0.671. The second-order valence-corrected chi connectivity index (χ2v) is 5.39. The molecule has 1 atom stereocenters. The van der Waals surface area contributed by atoms with Gasteiger partial charge >= 0.3 is 0 Å². The number of methoxy groups -OCH3 is 1. The molecule has 1 aromatic heterocycles. The van der Waals surface area contributed by atoms with Crippen LogP contribution in [0.4, 0.5) is 0 Å². The minimum Gasteiger partial charge on any atom is -0.481 e. The Hall–Kier alpha value is -1.09. The Labute approximate surface area is 105 Å². The average molecular weight is 236 g/mol. The molecule has 0 saturated heterocycles. The fourth-order valence-electron chi connectivity index (χ4n) is 1.82. The SMILES string of the molecule is CCNC(Cc1ccc(OC)nc1)C(C)(C)C. The van der Waals surface area contributed by atoms with Crippen molar-refractivity contribution in [3.05, 3.63) is 23.9 Å². The largest absolute Gasteiger partial charge is 0.481 e. The first-order chi connectivity index (χ1) is 7.97. The van der Waals surface area contributed by atoms with Crippen molar-refractivity contribution in [3.63, 3.8) is 0 Å². The highest BCUT2D eigenvalue weighted by Crippen LogP contribution is 2.22. The molecule has 0 aromatic carbocycles. The van der Waals surface area contributed by atoms with Gasteiger partial charge in [0.15, 0.2) is 0 Å². The van der Waals surface area contributed by atoms with Gasteiger partial charge in [-0.05, 0) is 23.9 Å². The Morgan fingerprint density at radius 1 is 1.35 bits per heavy atom. The standard InChI is InChI=1S/C14H24N2O/c1-6-15-12(14(2,3)4)9-11-7-8-13(17-5)16-10-11/h7-8,10,12,15H,6,9H2,1-5H3. The van der Waals surface area contributed by atoms with Gasteiger partial charge in [-0.25, -0.2) is 4.98 Å². The minimum absolute atomic E-state index is 0.246. The van der Waals surface area contributed by atoms with Crippen molar-refractivity contribution in [2.45, 2.75) is 40.2 Å². The van der Waals surface area contributed by atoms with Gasteiger partial charge in [0.2, 0.25) is 5.88 Å². The van der Waals surface area contributed by atoms with Gasteiger partial charge in [-0.3, -0.25) is 0 Å². The molecular weight excluding hydrogens is 212 g/mol. The van der Waals surface area contributed by atoms with Gasteiger partial charge < -0.3 is 10.1 Å². The molecule has 0 fully saturated rings. The summed E-state index contributed by atoms with van der Waals surface area (Å²) in [5, 5.41) is 3.54. The van der Waals surface area contributed by atoms with Gasteiger partial charge in [-0.1, -0.05) is 33.8 Å². The number of nitrogens with zero attached hydrogens (tertiary/aromatic N) is 1. The molecule has 0 aliphatic rings. The zero-order valence-corrected chi connectivity index (χ0v) is 11.6. The first kappa shape index (κ1) is 14.0. The Morgan fingerprint density at radius 3 is 2.47 bits per heavy atom. The first-order valence-electron chi connectivity index (χ1n) is 6.19. The number of pyridine rings is 1. The van der Waals surface area contributed by atoms with E-state index in [9.17, 15) is 0 Å². The predicted molar refractivity (Wildman–Crippen MR) is 71.4 cm³/mol. The van der Waals surface area contributed by atoms with Crippen LogP contribution in [0.25, 0.3) is 0 Å². The van der Waals surface area contributed by atoms with Gasteiger partial charge in [-0.15, -0.1) is 0 Å². The van der Waals surface area contributed by atoms with Crippen LogP contribution in [-0.2, 0) is 6.42 Å². The summed E-state index contributed by atoms with van der Waals surface area (Å²) in [5.41, 5.74) is 1.49. The predicted octanol–water partition coefficient (Wildman–Crippen LogP) is 2.66. The molecule has 0 spiro atoms. The van der Waals surface area contributed by atoms with Crippen LogP contribution in [0.2, 0.25) is 0 Å². The molecule has 96 valence electrons. The van der Waals surface area contributed by atoms with Crippen molar-refractivity contribution in [1.82, 2.24) is 10.3 Å². The highest BCUT2D eigenvalue weighted by molar-refractivity contribution is 5.19. The zero-order valence-electron chi connectivity index (χ0n) is 11.6. The van der Waals surface area contributed by atoms with Crippen LogP contribution >= 0.6 is 0 Å². The lowest BCUT2D eigenvalue weighted by Gasteiger charge is -2.31. The quantitative estimate of drug-likeness (QED) is 0.853. The van der Waals surface area contributed by atoms with E-state index in [0.29, 0.717) is 11.9 Å². The number of aromatic nitrogens is 1. The summed E-state index contributed by atoms with van der Waals surface area (Å²) in [6, 6.07) is 4.46. The molecule has 1 N–H and O–H groups in total. The number of hydrogen-bond acceptors (Lipinski definition) is 3. The molecule has 1 heterocycles. The van der Waals surface area contributed by atoms with Crippen LogP contribution in [0, 0.1) is 5.41 Å². The summed E-state index contributed by atoms with van der Waals surface area (Å²) >= 11 is 0. The van der Waals surface area contributed by atoms with Crippen molar-refractivity contribution in [2.24, 2.45) is 5.41 Å². The molecule has 3 nitrogen and oxygen atoms in total. The van der Waals surface area contributed by atoms with Crippen LogP contribution in [0.5, 0.6) is 5.88 Å². The average Bonchev–Trinajstić information content (AvgIpc) is 2.28. The summed E-state index contributed by atoms with van der Waals surface area (Å²) in [4.78, 5) is 4.24. The van der Waals surface area contributed by atoms with Crippen molar-refractivity contribution in [1.29, 1.82) is 0 Å². The van der Waals surface area contributed by atoms with Crippen LogP contribution < -0.4 is 10.1 Å². The van der Waals surface area contributed by atoms with Gasteiger partial charge in [0.25, 0.3) is 0 Å². The van der Waals surface area contributed by atoms with E-state index in [2.05, 4.69) is 44.1 Å². The van der Waals surface area contributed by atoms with E-state index < -0.39 is 0 Å². The monoisotopic (exact) mass is 236 g/mol. The molecule has 0 radical (unpaired) electrons. The number of likely N-dealkylation sites (N-methyl/N-ethyl adjacent to an activating group) is 1. The van der Waals surface area contributed by atoms with Crippen molar-refractivity contribution >= 4 is 0 Å². The van der Waals surface area contributed by atoms with Crippen LogP contribution in [-0.4, -0.2) is 24.7 Å². The molecule has 1 rings (SSSR count). The Bertz CT molecular complexity index is 327. The molecule has 1 unspecified atom stereocenters. The van der Waals surface area contributed by atoms with Gasteiger partial charge in [0.05, 0.1) is 7.11 Å². The normalized spacial score (nSPS) is 13.5. The van der Waals surface area contributed by atoms with Gasteiger partial charge in [-0.2, -0.15) is 0 Å². The third kappa shape index (κ3) is 4.35. The van der Waals surface area contributed by atoms with Crippen molar-refractivity contribution < 1.29 is 4.74 Å². The third-order valence-electron chi connectivity index (χ3n) is 2.94. The number of nitrogens with one attached hydrogen (secondary N) is 1. The van der Waals surface area contributed by atoms with Crippen LogP contribution in [0.3, 0.4) is 0 Å². The molecule has 0 bridgehead atoms. The van der Waals surface area contributed by atoms with Crippen LogP contribution in [0.1, 0.15) is 33.3 Å². The Morgan fingerprint density at radius 2 is 2.06 bits per heavy atom. The number of rotatable bonds is 5. The van der Waals surface area contributed by atoms with E-state index in [1.807, 2.05) is 12.3 Å². The fraction of sp³-hybridized carbons (Fsp3) is 0.643. The molecule has 0 aliphatic heterocycles. The third-order valence-corrected chi connectivity index (χ3v) is 2.94. The zero-order chi connectivity index (χ0) is 12.9. The van der Waals surface area contributed by atoms with Crippen molar-refractivity contribution in [2.75, 3.05) is 13.7 Å². The maximum atomic E-state index is 5.06. The molecule has 0 aliphatic carbocycles. The summed E-state index contributed by atoms with van der Waals surface area (Å²) in [7, 11) is 1.64. The van der Waals surface area contributed by atoms with Crippen molar-refractivity contribution in [3.8, 4) is 5.88 Å². The Balaban J connectivity index is 2.72. The summed E-state index contributed by atoms with van der Waals surface area (Å²) in [6.07, 6.45) is 2.89. The smallest absolute Gasteiger partial charge is 0.212 e. The van der Waals surface area contributed by atoms with Crippen LogP contribution in [0.15, 0.2) is 18.3 Å². The van der Waals surface area contributed by atoms with Gasteiger partial charge in [0, 0.05) is 18.3 Å². The van der Waals surface area contributed by atoms with E-state index in [0.717, 1.165) is 13.0 Å². The Kier molecular flexibility index (Phi) is 4.94. The maximum Gasteiger partial charge on any atom is 0.212 e. The number of ether oxygens (including phenoxy) is 1. The summed E-state index contributed by atoms with van der Waals surface area (Å²) in [6.45, 7) is 9.92. The lowest BCUT2D eigenvalue weighted by Crippen LogP contribution is -2.41.